The summed E-state index contributed by atoms with van der Waals surface area (Å²) in [4.78, 5) is 44.0. The fourth-order valence-corrected chi connectivity index (χ4v) is 6.40. The summed E-state index contributed by atoms with van der Waals surface area (Å²) >= 11 is 0. The summed E-state index contributed by atoms with van der Waals surface area (Å²) in [5.74, 6) is -3.37. The number of carbonyl (C=O) groups is 3. The number of sulfonamides is 1. The summed E-state index contributed by atoms with van der Waals surface area (Å²) in [6.07, 6.45) is -1.89. The van der Waals surface area contributed by atoms with Crippen molar-refractivity contribution in [3.05, 3.63) is 70.6 Å². The van der Waals surface area contributed by atoms with Gasteiger partial charge in [0.2, 0.25) is 15.9 Å². The van der Waals surface area contributed by atoms with E-state index in [-0.39, 0.29) is 55.1 Å². The van der Waals surface area contributed by atoms with Crippen molar-refractivity contribution in [2.75, 3.05) is 19.7 Å². The Labute approximate surface area is 252 Å². The number of fused-ring (bicyclic) bond motifs is 1. The van der Waals surface area contributed by atoms with Gasteiger partial charge in [-0.25, -0.2) is 18.2 Å². The molecule has 0 unspecified atom stereocenters. The summed E-state index contributed by atoms with van der Waals surface area (Å²) in [6.45, 7) is 2.92. The molecule has 44 heavy (non-hydrogen) atoms. The molecule has 11 nitrogen and oxygen atoms in total. The molecule has 234 valence electrons. The van der Waals surface area contributed by atoms with E-state index in [1.54, 1.807) is 19.9 Å². The molecule has 2 atom stereocenters. The molecule has 4 rings (SSSR count). The number of amides is 2. The maximum Gasteiger partial charge on any atom is 0.471 e. The molecule has 0 saturated heterocycles. The second kappa shape index (κ2) is 13.1. The highest BCUT2D eigenvalue weighted by Gasteiger charge is 2.43. The van der Waals surface area contributed by atoms with Crippen LogP contribution >= 0.6 is 0 Å². The lowest BCUT2D eigenvalue weighted by molar-refractivity contribution is -0.186. The molecule has 0 saturated carbocycles. The van der Waals surface area contributed by atoms with Crippen molar-refractivity contribution < 1.29 is 40.7 Å². The van der Waals surface area contributed by atoms with Crippen LogP contribution in [0.1, 0.15) is 42.7 Å². The fourth-order valence-electron chi connectivity index (χ4n) is 5.16. The average Bonchev–Trinajstić information content (AvgIpc) is 2.99. The highest BCUT2D eigenvalue weighted by atomic mass is 32.2. The maximum atomic E-state index is 14.0. The van der Waals surface area contributed by atoms with Gasteiger partial charge in [-0.3, -0.25) is 9.59 Å². The zero-order valence-corrected chi connectivity index (χ0v) is 24.7. The number of nitrogens with one attached hydrogen (secondary N) is 1. The standard InChI is InChI=1S/C29H30F3N5O6S/c1-3-43-27(39)25-12-18(2)7-11-37(25)26(38)24(14-19-6-9-34-22(13-19)16-33)35-44(41,42)23-5-4-20-8-10-36(17-21(20)15-23)28(40)29(30,31)32/h4-7,9,13,15,24-25,35H,3,8,10-12,14,17H2,1-2H3/t24-,25+/m0/s1. The van der Waals surface area contributed by atoms with E-state index < -0.39 is 52.6 Å². The number of hydrogen-bond acceptors (Lipinski definition) is 8. The normalized spacial score (nSPS) is 17.6. The van der Waals surface area contributed by atoms with Crippen LogP contribution in [0.5, 0.6) is 0 Å². The Balaban J connectivity index is 1.67. The molecular weight excluding hydrogens is 603 g/mol. The number of esters is 1. The average molecular weight is 634 g/mol. The van der Waals surface area contributed by atoms with Crippen LogP contribution in [0.3, 0.4) is 0 Å². The van der Waals surface area contributed by atoms with Crippen LogP contribution in [0.15, 0.2) is 53.1 Å². The summed E-state index contributed by atoms with van der Waals surface area (Å²) in [7, 11) is -4.47. The predicted molar refractivity (Wildman–Crippen MR) is 149 cm³/mol. The minimum absolute atomic E-state index is 0.0219. The van der Waals surface area contributed by atoms with E-state index in [1.807, 2.05) is 6.07 Å². The van der Waals surface area contributed by atoms with E-state index in [4.69, 9.17) is 4.74 Å². The number of alkyl halides is 3. The first-order chi connectivity index (χ1) is 20.7. The van der Waals surface area contributed by atoms with Gasteiger partial charge in [0, 0.05) is 25.8 Å². The minimum atomic E-state index is -5.07. The van der Waals surface area contributed by atoms with Gasteiger partial charge in [0.1, 0.15) is 23.8 Å². The summed E-state index contributed by atoms with van der Waals surface area (Å²) in [5.41, 5.74) is 2.14. The van der Waals surface area contributed by atoms with Gasteiger partial charge in [-0.15, -0.1) is 0 Å². The van der Waals surface area contributed by atoms with Gasteiger partial charge in [-0.1, -0.05) is 17.7 Å². The van der Waals surface area contributed by atoms with Crippen molar-refractivity contribution in [1.29, 1.82) is 5.26 Å². The molecule has 3 heterocycles. The number of ether oxygens (including phenoxy) is 1. The van der Waals surface area contributed by atoms with Gasteiger partial charge < -0.3 is 14.5 Å². The monoisotopic (exact) mass is 633 g/mol. The lowest BCUT2D eigenvalue weighted by atomic mass is 9.98. The third-order valence-corrected chi connectivity index (χ3v) is 8.84. The van der Waals surface area contributed by atoms with E-state index >= 15 is 0 Å². The van der Waals surface area contributed by atoms with Crippen LogP contribution in [0.2, 0.25) is 0 Å². The number of nitriles is 1. The van der Waals surface area contributed by atoms with Gasteiger partial charge in [0.15, 0.2) is 0 Å². The molecule has 2 aromatic rings. The second-order valence-electron chi connectivity index (χ2n) is 10.5. The van der Waals surface area contributed by atoms with Gasteiger partial charge in [-0.2, -0.15) is 23.2 Å². The predicted octanol–water partition coefficient (Wildman–Crippen LogP) is 2.40. The number of halogens is 3. The number of aromatic nitrogens is 1. The van der Waals surface area contributed by atoms with Crippen LogP contribution in [0.25, 0.3) is 0 Å². The van der Waals surface area contributed by atoms with Gasteiger partial charge >= 0.3 is 18.1 Å². The lowest BCUT2D eigenvalue weighted by Crippen LogP contribution is -2.56. The largest absolute Gasteiger partial charge is 0.471 e. The highest BCUT2D eigenvalue weighted by molar-refractivity contribution is 7.89. The Morgan fingerprint density at radius 3 is 2.64 bits per heavy atom. The third kappa shape index (κ3) is 7.43. The summed E-state index contributed by atoms with van der Waals surface area (Å²) in [6, 6.07) is 6.29. The molecule has 15 heteroatoms. The van der Waals surface area contributed by atoms with E-state index in [0.29, 0.717) is 16.0 Å². The lowest BCUT2D eigenvalue weighted by Gasteiger charge is -2.35. The molecule has 0 radical (unpaired) electrons. The first-order valence-electron chi connectivity index (χ1n) is 13.7. The molecule has 1 N–H and O–H groups in total. The molecule has 0 bridgehead atoms. The molecule has 2 amide bonds. The molecule has 2 aliphatic rings. The van der Waals surface area contributed by atoms with Crippen molar-refractivity contribution in [2.45, 2.75) is 62.8 Å². The fraction of sp³-hybridized carbons (Fsp3) is 0.414. The Bertz CT molecular complexity index is 1640. The van der Waals surface area contributed by atoms with Crippen molar-refractivity contribution in [3.63, 3.8) is 0 Å². The van der Waals surface area contributed by atoms with Gasteiger partial charge in [0.25, 0.3) is 0 Å². The topological polar surface area (TPSA) is 150 Å². The smallest absolute Gasteiger partial charge is 0.464 e. The van der Waals surface area contributed by atoms with Crippen LogP contribution in [-0.4, -0.2) is 78.9 Å². The number of nitrogens with zero attached hydrogens (tertiary/aromatic N) is 4. The number of hydrogen-bond donors (Lipinski definition) is 1. The Hall–Kier alpha value is -4.29. The van der Waals surface area contributed by atoms with E-state index in [0.717, 1.165) is 5.57 Å². The van der Waals surface area contributed by atoms with Crippen LogP contribution in [0.4, 0.5) is 13.2 Å². The van der Waals surface area contributed by atoms with Crippen LogP contribution < -0.4 is 4.72 Å². The third-order valence-electron chi connectivity index (χ3n) is 7.37. The van der Waals surface area contributed by atoms with Gasteiger partial charge in [0.05, 0.1) is 11.5 Å². The van der Waals surface area contributed by atoms with E-state index in [9.17, 15) is 41.2 Å². The van der Waals surface area contributed by atoms with E-state index in [2.05, 4.69) is 9.71 Å². The molecule has 2 aliphatic heterocycles. The molecule has 0 fully saturated rings. The first-order valence-corrected chi connectivity index (χ1v) is 15.2. The Morgan fingerprint density at radius 2 is 1.95 bits per heavy atom. The Morgan fingerprint density at radius 1 is 1.20 bits per heavy atom. The first kappa shape index (κ1) is 32.6. The molecule has 1 aromatic carbocycles. The quantitative estimate of drug-likeness (QED) is 0.344. The molecular formula is C29H30F3N5O6S. The molecule has 0 spiro atoms. The zero-order chi connectivity index (χ0) is 32.2. The highest BCUT2D eigenvalue weighted by Crippen LogP contribution is 2.27. The number of benzene rings is 1. The summed E-state index contributed by atoms with van der Waals surface area (Å²) < 4.78 is 74.0. The molecule has 0 aliphatic carbocycles. The number of pyridine rings is 1. The molecule has 1 aromatic heterocycles. The van der Waals surface area contributed by atoms with E-state index in [1.165, 1.54) is 41.4 Å². The summed E-state index contributed by atoms with van der Waals surface area (Å²) in [5, 5.41) is 9.27. The second-order valence-corrected chi connectivity index (χ2v) is 12.2. The van der Waals surface area contributed by atoms with Crippen LogP contribution in [0, 0.1) is 11.3 Å². The number of rotatable bonds is 8. The zero-order valence-electron chi connectivity index (χ0n) is 23.9. The van der Waals surface area contributed by atoms with Crippen molar-refractivity contribution in [3.8, 4) is 6.07 Å². The van der Waals surface area contributed by atoms with Crippen molar-refractivity contribution >= 4 is 27.8 Å². The Kier molecular flexibility index (Phi) is 9.75. The van der Waals surface area contributed by atoms with Crippen molar-refractivity contribution in [2.24, 2.45) is 0 Å². The maximum absolute atomic E-state index is 14.0. The van der Waals surface area contributed by atoms with Gasteiger partial charge in [-0.05, 0) is 74.1 Å². The number of carbonyl (C=O) groups excluding carboxylic acids is 3. The minimum Gasteiger partial charge on any atom is -0.464 e. The van der Waals surface area contributed by atoms with Crippen molar-refractivity contribution in [1.82, 2.24) is 19.5 Å². The SMILES string of the molecule is CCOC(=O)[C@H]1CC(C)=CCN1C(=O)[C@H](Cc1ccnc(C#N)c1)NS(=O)(=O)c1ccc2c(c1)CN(C(=O)C(F)(F)F)CC2. The van der Waals surface area contributed by atoms with Crippen LogP contribution in [-0.2, 0) is 48.5 Å².